The van der Waals surface area contributed by atoms with Crippen molar-refractivity contribution in [2.24, 2.45) is 11.7 Å². The quantitative estimate of drug-likeness (QED) is 0.817. The van der Waals surface area contributed by atoms with Gasteiger partial charge in [-0.3, -0.25) is 9.59 Å². The number of H-pyrrole nitrogens is 1. The summed E-state index contributed by atoms with van der Waals surface area (Å²) >= 11 is 0. The molecule has 126 valence electrons. The molecule has 1 aliphatic heterocycles. The summed E-state index contributed by atoms with van der Waals surface area (Å²) in [5.41, 5.74) is 8.07. The fourth-order valence-electron chi connectivity index (χ4n) is 3.91. The van der Waals surface area contributed by atoms with Crippen LogP contribution >= 0.6 is 0 Å². The number of nitrogens with one attached hydrogen (secondary N) is 1. The number of nitrogens with two attached hydrogens (primary N) is 1. The lowest BCUT2D eigenvalue weighted by Crippen LogP contribution is -2.50. The second kappa shape index (κ2) is 6.87. The number of pyridine rings is 1. The van der Waals surface area contributed by atoms with Crippen molar-refractivity contribution in [3.8, 4) is 0 Å². The number of aromatic nitrogens is 1. The van der Waals surface area contributed by atoms with Crippen molar-refractivity contribution in [3.05, 3.63) is 33.2 Å². The molecule has 0 spiro atoms. The van der Waals surface area contributed by atoms with Crippen LogP contribution in [0.2, 0.25) is 0 Å². The van der Waals surface area contributed by atoms with E-state index in [1.165, 1.54) is 6.42 Å². The molecule has 5 nitrogen and oxygen atoms in total. The number of likely N-dealkylation sites (tertiary alicyclic amines) is 1. The third-order valence-electron chi connectivity index (χ3n) is 5.33. The lowest BCUT2D eigenvalue weighted by Gasteiger charge is -2.38. The summed E-state index contributed by atoms with van der Waals surface area (Å²) in [5.74, 6) is 0.429. The molecule has 2 heterocycles. The predicted octanol–water partition coefficient (Wildman–Crippen LogP) is 1.84. The fraction of sp³-hybridized carbons (Fsp3) is 0.667. The predicted molar refractivity (Wildman–Crippen MR) is 90.6 cm³/mol. The molecule has 5 heteroatoms. The Morgan fingerprint density at radius 3 is 2.91 bits per heavy atom. The van der Waals surface area contributed by atoms with Crippen LogP contribution < -0.4 is 11.3 Å². The Morgan fingerprint density at radius 2 is 2.13 bits per heavy atom. The number of carbonyl (C=O) groups is 1. The highest BCUT2D eigenvalue weighted by atomic mass is 16.2. The molecule has 2 atom stereocenters. The van der Waals surface area contributed by atoms with Crippen LogP contribution in [0.4, 0.5) is 0 Å². The minimum Gasteiger partial charge on any atom is -0.334 e. The lowest BCUT2D eigenvalue weighted by molar-refractivity contribution is 0.0571. The highest BCUT2D eigenvalue weighted by molar-refractivity contribution is 5.94. The first-order valence-electron chi connectivity index (χ1n) is 8.86. The molecule has 1 amide bonds. The number of piperidine rings is 1. The molecule has 1 aromatic rings. The van der Waals surface area contributed by atoms with E-state index in [9.17, 15) is 9.59 Å². The van der Waals surface area contributed by atoms with Gasteiger partial charge in [-0.1, -0.05) is 13.3 Å². The summed E-state index contributed by atoms with van der Waals surface area (Å²) in [4.78, 5) is 30.1. The van der Waals surface area contributed by atoms with Gasteiger partial charge in [-0.15, -0.1) is 0 Å². The molecule has 0 saturated carbocycles. The van der Waals surface area contributed by atoms with E-state index in [-0.39, 0.29) is 17.5 Å². The van der Waals surface area contributed by atoms with Crippen molar-refractivity contribution in [1.29, 1.82) is 0 Å². The minimum atomic E-state index is -0.245. The summed E-state index contributed by atoms with van der Waals surface area (Å²) < 4.78 is 0. The number of amides is 1. The van der Waals surface area contributed by atoms with Gasteiger partial charge in [0, 0.05) is 24.8 Å². The number of carbonyl (C=O) groups excluding carboxylic acids is 1. The van der Waals surface area contributed by atoms with Gasteiger partial charge in [0.2, 0.25) is 0 Å². The van der Waals surface area contributed by atoms with Crippen LogP contribution in [0.5, 0.6) is 0 Å². The number of rotatable bonds is 2. The first kappa shape index (κ1) is 16.2. The molecule has 1 aliphatic carbocycles. The van der Waals surface area contributed by atoms with Crippen molar-refractivity contribution < 1.29 is 4.79 Å². The van der Waals surface area contributed by atoms with E-state index in [1.807, 2.05) is 11.0 Å². The Morgan fingerprint density at radius 1 is 1.35 bits per heavy atom. The van der Waals surface area contributed by atoms with Gasteiger partial charge in [-0.2, -0.15) is 0 Å². The summed E-state index contributed by atoms with van der Waals surface area (Å²) in [7, 11) is 0. The molecule has 0 bridgehead atoms. The van der Waals surface area contributed by atoms with Crippen LogP contribution in [-0.2, 0) is 12.8 Å². The molecule has 2 unspecified atom stereocenters. The third kappa shape index (κ3) is 3.34. The van der Waals surface area contributed by atoms with E-state index < -0.39 is 0 Å². The molecule has 1 saturated heterocycles. The van der Waals surface area contributed by atoms with E-state index in [4.69, 9.17) is 5.73 Å². The first-order chi connectivity index (χ1) is 11.1. The normalized spacial score (nSPS) is 24.9. The zero-order valence-corrected chi connectivity index (χ0v) is 13.9. The number of fused-ring (bicyclic) bond motifs is 1. The minimum absolute atomic E-state index is 0.0458. The van der Waals surface area contributed by atoms with Gasteiger partial charge in [0.1, 0.15) is 5.56 Å². The van der Waals surface area contributed by atoms with Gasteiger partial charge < -0.3 is 15.6 Å². The van der Waals surface area contributed by atoms with E-state index in [1.54, 1.807) is 0 Å². The average Bonchev–Trinajstić information content (AvgIpc) is 2.78. The highest BCUT2D eigenvalue weighted by Gasteiger charge is 2.31. The maximum absolute atomic E-state index is 12.9. The van der Waals surface area contributed by atoms with Crippen LogP contribution in [0.25, 0.3) is 0 Å². The second-order valence-electron chi connectivity index (χ2n) is 7.09. The largest absolute Gasteiger partial charge is 0.334 e. The number of nitrogens with zero attached hydrogens (tertiary/aromatic N) is 1. The van der Waals surface area contributed by atoms with Gasteiger partial charge in [0.05, 0.1) is 0 Å². The van der Waals surface area contributed by atoms with Crippen LogP contribution in [-0.4, -0.2) is 34.9 Å². The van der Waals surface area contributed by atoms with Crippen LogP contribution in [0, 0.1) is 5.92 Å². The first-order valence-corrected chi connectivity index (χ1v) is 8.86. The lowest BCUT2D eigenvalue weighted by atomic mass is 9.91. The summed E-state index contributed by atoms with van der Waals surface area (Å²) in [5, 5.41) is 0. The molecule has 23 heavy (non-hydrogen) atoms. The maximum atomic E-state index is 12.9. The highest BCUT2D eigenvalue weighted by Crippen LogP contribution is 2.24. The van der Waals surface area contributed by atoms with Crippen LogP contribution in [0.3, 0.4) is 0 Å². The molecule has 2 aliphatic rings. The molecule has 3 rings (SSSR count). The van der Waals surface area contributed by atoms with Crippen molar-refractivity contribution in [1.82, 2.24) is 9.88 Å². The fourth-order valence-corrected chi connectivity index (χ4v) is 3.91. The smallest absolute Gasteiger partial charge is 0.261 e. The second-order valence-corrected chi connectivity index (χ2v) is 7.09. The van der Waals surface area contributed by atoms with E-state index >= 15 is 0 Å². The molecule has 1 aromatic heterocycles. The average molecular weight is 317 g/mol. The molecular formula is C18H27N3O2. The summed E-state index contributed by atoms with van der Waals surface area (Å²) in [6.07, 6.45) is 7.17. The monoisotopic (exact) mass is 317 g/mol. The van der Waals surface area contributed by atoms with E-state index in [0.717, 1.165) is 49.8 Å². The molecule has 0 radical (unpaired) electrons. The third-order valence-corrected chi connectivity index (χ3v) is 5.33. The van der Waals surface area contributed by atoms with Gasteiger partial charge in [-0.05, 0) is 56.1 Å². The standard InChI is InChI=1S/C18H27N3O2/c1-12-7-8-21(14(9-12)11-19)18(23)15-10-13-5-3-2-4-6-16(13)20-17(15)22/h10,12,14H,2-9,11,19H2,1H3,(H,20,22). The van der Waals surface area contributed by atoms with Gasteiger partial charge in [0.25, 0.3) is 11.5 Å². The number of aromatic amines is 1. The van der Waals surface area contributed by atoms with Crippen molar-refractivity contribution in [3.63, 3.8) is 0 Å². The van der Waals surface area contributed by atoms with E-state index in [0.29, 0.717) is 24.6 Å². The molecule has 1 fully saturated rings. The Hall–Kier alpha value is -1.62. The van der Waals surface area contributed by atoms with Crippen LogP contribution in [0.15, 0.2) is 10.9 Å². The molecular weight excluding hydrogens is 290 g/mol. The van der Waals surface area contributed by atoms with Crippen molar-refractivity contribution >= 4 is 5.91 Å². The Labute approximate surface area is 137 Å². The summed E-state index contributed by atoms with van der Waals surface area (Å²) in [6.45, 7) is 3.34. The van der Waals surface area contributed by atoms with Gasteiger partial charge in [-0.25, -0.2) is 0 Å². The Balaban J connectivity index is 1.90. The van der Waals surface area contributed by atoms with E-state index in [2.05, 4.69) is 11.9 Å². The number of hydrogen-bond donors (Lipinski definition) is 2. The van der Waals surface area contributed by atoms with Gasteiger partial charge in [0.15, 0.2) is 0 Å². The maximum Gasteiger partial charge on any atom is 0.261 e. The Kier molecular flexibility index (Phi) is 4.85. The molecule has 0 aromatic carbocycles. The zero-order chi connectivity index (χ0) is 16.4. The number of hydrogen-bond acceptors (Lipinski definition) is 3. The number of aryl methyl sites for hydroxylation is 2. The van der Waals surface area contributed by atoms with Crippen molar-refractivity contribution in [2.45, 2.75) is 57.9 Å². The SMILES string of the molecule is CC1CCN(C(=O)c2cc3c([nH]c2=O)CCCCC3)C(CN)C1. The van der Waals surface area contributed by atoms with Crippen LogP contribution in [0.1, 0.15) is 60.6 Å². The zero-order valence-electron chi connectivity index (χ0n) is 13.9. The van der Waals surface area contributed by atoms with Crippen molar-refractivity contribution in [2.75, 3.05) is 13.1 Å². The summed E-state index contributed by atoms with van der Waals surface area (Å²) in [6, 6.07) is 1.89. The molecule has 3 N–H and O–H groups in total. The topological polar surface area (TPSA) is 79.2 Å². The van der Waals surface area contributed by atoms with Gasteiger partial charge >= 0.3 is 0 Å². The Bertz CT molecular complexity index is 638.